The number of halogens is 5. The van der Waals surface area contributed by atoms with Crippen molar-refractivity contribution in [1.29, 1.82) is 0 Å². The summed E-state index contributed by atoms with van der Waals surface area (Å²) in [7, 11) is 0. The molecule has 3 rings (SSSR count). The monoisotopic (exact) mass is 459 g/mol. The first-order chi connectivity index (χ1) is 14.6. The molecule has 1 aromatic carbocycles. The molecule has 0 fully saturated rings. The molecule has 1 atom stereocenters. The molecule has 0 saturated heterocycles. The van der Waals surface area contributed by atoms with Gasteiger partial charge in [-0.1, -0.05) is 17.7 Å². The van der Waals surface area contributed by atoms with Crippen LogP contribution in [0.5, 0.6) is 0 Å². The zero-order valence-corrected chi connectivity index (χ0v) is 16.7. The molecule has 2 heterocycles. The van der Waals surface area contributed by atoms with Crippen LogP contribution in [0.3, 0.4) is 0 Å². The second kappa shape index (κ2) is 9.21. The Kier molecular flexibility index (Phi) is 6.83. The van der Waals surface area contributed by atoms with Gasteiger partial charge in [0.1, 0.15) is 17.6 Å². The molecule has 166 valence electrons. The number of carbonyl (C=O) groups is 1. The van der Waals surface area contributed by atoms with Crippen molar-refractivity contribution in [2.24, 2.45) is 0 Å². The first kappa shape index (κ1) is 23.0. The summed E-state index contributed by atoms with van der Waals surface area (Å²) in [6.45, 7) is -0.191. The van der Waals surface area contributed by atoms with Gasteiger partial charge in [-0.15, -0.1) is 0 Å². The van der Waals surface area contributed by atoms with Gasteiger partial charge in [-0.05, 0) is 36.3 Å². The van der Waals surface area contributed by atoms with Gasteiger partial charge in [0.25, 0.3) is 0 Å². The number of urea groups is 1. The van der Waals surface area contributed by atoms with Crippen molar-refractivity contribution in [2.75, 3.05) is 25.0 Å². The highest BCUT2D eigenvalue weighted by molar-refractivity contribution is 6.31. The number of carbonyl (C=O) groups excluding carboxylic acids is 1. The van der Waals surface area contributed by atoms with E-state index in [-0.39, 0.29) is 30.0 Å². The Morgan fingerprint density at radius 2 is 2.06 bits per heavy atom. The summed E-state index contributed by atoms with van der Waals surface area (Å²) in [5.41, 5.74) is -0.0720. The van der Waals surface area contributed by atoms with E-state index in [0.717, 1.165) is 24.3 Å². The topological polar surface area (TPSA) is 85.7 Å². The molecular formula is C20H18ClF4N3O3. The average Bonchev–Trinajstić information content (AvgIpc) is 2.72. The number of aromatic nitrogens is 1. The zero-order valence-electron chi connectivity index (χ0n) is 16.0. The molecule has 1 aliphatic rings. The Morgan fingerprint density at radius 1 is 1.32 bits per heavy atom. The number of anilines is 1. The van der Waals surface area contributed by atoms with Crippen LogP contribution in [0.1, 0.15) is 29.3 Å². The van der Waals surface area contributed by atoms with Gasteiger partial charge in [0.2, 0.25) is 0 Å². The quantitative estimate of drug-likeness (QED) is 0.597. The van der Waals surface area contributed by atoms with Crippen LogP contribution in [0.4, 0.5) is 28.0 Å². The Morgan fingerprint density at radius 3 is 2.61 bits per heavy atom. The minimum Gasteiger partial charge on any atom is -0.393 e. The van der Waals surface area contributed by atoms with Gasteiger partial charge in [-0.2, -0.15) is 13.2 Å². The predicted octanol–water partition coefficient (Wildman–Crippen LogP) is 4.24. The molecule has 0 radical (unpaired) electrons. The molecule has 2 amide bonds. The third kappa shape index (κ3) is 5.33. The standard InChI is InChI=1S/C20H18ClF4N3O3/c21-15-8-13(1-2-14(15)20(23,24)25)27-19(31)28-5-3-11(4-6-28)18-16(22)7-12(9-26-18)17(30)10-29/h1-3,7-9,17,29-30H,4-6,10H2,(H,27,31). The lowest BCUT2D eigenvalue weighted by Crippen LogP contribution is -2.38. The smallest absolute Gasteiger partial charge is 0.393 e. The first-order valence-electron chi connectivity index (χ1n) is 9.16. The van der Waals surface area contributed by atoms with Crippen LogP contribution in [-0.4, -0.2) is 45.8 Å². The highest BCUT2D eigenvalue weighted by atomic mass is 35.5. The number of nitrogens with zero attached hydrogens (tertiary/aromatic N) is 2. The summed E-state index contributed by atoms with van der Waals surface area (Å²) < 4.78 is 52.7. The number of benzene rings is 1. The Bertz CT molecular complexity index is 1010. The van der Waals surface area contributed by atoms with Gasteiger partial charge in [-0.3, -0.25) is 4.98 Å². The molecule has 0 aliphatic carbocycles. The maximum absolute atomic E-state index is 14.3. The molecule has 6 nitrogen and oxygen atoms in total. The van der Waals surface area contributed by atoms with E-state index < -0.39 is 41.3 Å². The molecule has 1 unspecified atom stereocenters. The van der Waals surface area contributed by atoms with Crippen LogP contribution < -0.4 is 5.32 Å². The summed E-state index contributed by atoms with van der Waals surface area (Å²) in [5.74, 6) is -0.659. The molecule has 11 heteroatoms. The van der Waals surface area contributed by atoms with Crippen molar-refractivity contribution in [1.82, 2.24) is 9.88 Å². The van der Waals surface area contributed by atoms with Crippen molar-refractivity contribution >= 4 is 28.9 Å². The molecule has 1 aromatic heterocycles. The normalized spacial score (nSPS) is 15.5. The van der Waals surface area contributed by atoms with Gasteiger partial charge >= 0.3 is 12.2 Å². The predicted molar refractivity (Wildman–Crippen MR) is 106 cm³/mol. The molecule has 0 bridgehead atoms. The number of rotatable bonds is 4. The highest BCUT2D eigenvalue weighted by Gasteiger charge is 2.33. The Hall–Kier alpha value is -2.69. The molecule has 1 aliphatic heterocycles. The summed E-state index contributed by atoms with van der Waals surface area (Å²) >= 11 is 5.66. The van der Waals surface area contributed by atoms with Crippen LogP contribution in [0.15, 0.2) is 36.5 Å². The first-order valence-corrected chi connectivity index (χ1v) is 9.54. The van der Waals surface area contributed by atoms with E-state index in [1.807, 2.05) is 0 Å². The van der Waals surface area contributed by atoms with E-state index in [2.05, 4.69) is 10.3 Å². The third-order valence-electron chi connectivity index (χ3n) is 4.75. The number of hydrogen-bond acceptors (Lipinski definition) is 4. The van der Waals surface area contributed by atoms with Gasteiger partial charge in [-0.25, -0.2) is 9.18 Å². The fourth-order valence-corrected chi connectivity index (χ4v) is 3.36. The van der Waals surface area contributed by atoms with E-state index in [4.69, 9.17) is 16.7 Å². The fraction of sp³-hybridized carbons (Fsp3) is 0.300. The number of pyridine rings is 1. The van der Waals surface area contributed by atoms with Crippen molar-refractivity contribution in [3.63, 3.8) is 0 Å². The number of nitrogens with one attached hydrogen (secondary N) is 1. The Balaban J connectivity index is 1.66. The maximum Gasteiger partial charge on any atom is 0.417 e. The fourth-order valence-electron chi connectivity index (χ4n) is 3.07. The molecule has 0 saturated carbocycles. The van der Waals surface area contributed by atoms with Crippen LogP contribution in [0, 0.1) is 5.82 Å². The second-order valence-corrected chi connectivity index (χ2v) is 7.25. The lowest BCUT2D eigenvalue weighted by Gasteiger charge is -2.27. The Labute approximate surface area is 179 Å². The van der Waals surface area contributed by atoms with Gasteiger partial charge in [0.15, 0.2) is 0 Å². The molecule has 3 N–H and O–H groups in total. The number of alkyl halides is 3. The lowest BCUT2D eigenvalue weighted by molar-refractivity contribution is -0.137. The van der Waals surface area contributed by atoms with Crippen LogP contribution in [0.2, 0.25) is 5.02 Å². The van der Waals surface area contributed by atoms with Crippen LogP contribution in [0.25, 0.3) is 5.57 Å². The molecular weight excluding hydrogens is 442 g/mol. The lowest BCUT2D eigenvalue weighted by atomic mass is 10.0. The summed E-state index contributed by atoms with van der Waals surface area (Å²) in [6.07, 6.45) is -2.63. The second-order valence-electron chi connectivity index (χ2n) is 6.85. The van der Waals surface area contributed by atoms with Crippen molar-refractivity contribution in [3.8, 4) is 0 Å². The molecule has 31 heavy (non-hydrogen) atoms. The summed E-state index contributed by atoms with van der Waals surface area (Å²) in [6, 6.07) is 3.48. The maximum atomic E-state index is 14.3. The SMILES string of the molecule is O=C(Nc1ccc(C(F)(F)F)c(Cl)c1)N1CC=C(c2ncc(C(O)CO)cc2F)CC1. The van der Waals surface area contributed by atoms with Crippen LogP contribution >= 0.6 is 11.6 Å². The van der Waals surface area contributed by atoms with Crippen molar-refractivity contribution < 1.29 is 32.6 Å². The van der Waals surface area contributed by atoms with E-state index in [1.54, 1.807) is 6.08 Å². The molecule has 2 aromatic rings. The largest absolute Gasteiger partial charge is 0.417 e. The minimum absolute atomic E-state index is 0.0865. The van der Waals surface area contributed by atoms with Gasteiger partial charge in [0, 0.05) is 30.5 Å². The summed E-state index contributed by atoms with van der Waals surface area (Å²) in [4.78, 5) is 17.8. The highest BCUT2D eigenvalue weighted by Crippen LogP contribution is 2.36. The summed E-state index contributed by atoms with van der Waals surface area (Å²) in [5, 5.41) is 20.5. The van der Waals surface area contributed by atoms with Crippen molar-refractivity contribution in [2.45, 2.75) is 18.7 Å². The molecule has 0 spiro atoms. The minimum atomic E-state index is -4.59. The van der Waals surface area contributed by atoms with Gasteiger partial charge < -0.3 is 20.4 Å². The van der Waals surface area contributed by atoms with Crippen molar-refractivity contribution in [3.05, 3.63) is 64.2 Å². The average molecular weight is 460 g/mol. The number of hydrogen-bond donors (Lipinski definition) is 3. The van der Waals surface area contributed by atoms with E-state index in [0.29, 0.717) is 12.0 Å². The van der Waals surface area contributed by atoms with E-state index >= 15 is 0 Å². The number of aliphatic hydroxyl groups excluding tert-OH is 2. The number of amides is 2. The third-order valence-corrected chi connectivity index (χ3v) is 5.06. The zero-order chi connectivity index (χ0) is 22.8. The van der Waals surface area contributed by atoms with E-state index in [9.17, 15) is 27.5 Å². The number of aliphatic hydroxyl groups is 2. The van der Waals surface area contributed by atoms with Gasteiger partial charge in [0.05, 0.1) is 17.2 Å². The van der Waals surface area contributed by atoms with E-state index in [1.165, 1.54) is 11.1 Å². The van der Waals surface area contributed by atoms with Crippen LogP contribution in [-0.2, 0) is 6.18 Å².